The first-order valence-electron chi connectivity index (χ1n) is 4.42. The summed E-state index contributed by atoms with van der Waals surface area (Å²) in [7, 11) is 1.67. The maximum Gasteiger partial charge on any atom is 0.122 e. The van der Waals surface area contributed by atoms with Gasteiger partial charge in [0.05, 0.1) is 13.7 Å². The highest BCUT2D eigenvalue weighted by molar-refractivity contribution is 7.19. The minimum absolute atomic E-state index is 0.112. The fourth-order valence-electron chi connectivity index (χ4n) is 1.52. The van der Waals surface area contributed by atoms with E-state index in [1.165, 1.54) is 4.70 Å². The molecule has 0 saturated carbocycles. The third-order valence-electron chi connectivity index (χ3n) is 2.24. The van der Waals surface area contributed by atoms with E-state index in [0.29, 0.717) is 0 Å². The first kappa shape index (κ1) is 9.49. The number of hydrogen-bond acceptors (Lipinski definition) is 3. The predicted molar refractivity (Wildman–Crippen MR) is 59.0 cm³/mol. The molecule has 2 rings (SSSR count). The molecule has 0 aliphatic rings. The monoisotopic (exact) mass is 208 g/mol. The Balaban J connectivity index is 2.64. The molecule has 0 aliphatic carbocycles. The van der Waals surface area contributed by atoms with Crippen molar-refractivity contribution in [2.45, 2.75) is 13.5 Å². The minimum Gasteiger partial charge on any atom is -0.496 e. The van der Waals surface area contributed by atoms with Crippen molar-refractivity contribution < 1.29 is 9.84 Å². The van der Waals surface area contributed by atoms with Crippen molar-refractivity contribution in [3.63, 3.8) is 0 Å². The number of ether oxygens (including phenoxy) is 1. The predicted octanol–water partition coefficient (Wildman–Crippen LogP) is 2.71. The van der Waals surface area contributed by atoms with Gasteiger partial charge >= 0.3 is 0 Å². The number of aliphatic hydroxyl groups excluding tert-OH is 1. The number of methoxy groups -OCH3 is 1. The Morgan fingerprint density at radius 2 is 2.14 bits per heavy atom. The molecule has 2 nitrogen and oxygen atoms in total. The van der Waals surface area contributed by atoms with E-state index in [1.807, 2.05) is 19.1 Å². The quantitative estimate of drug-likeness (QED) is 0.822. The van der Waals surface area contributed by atoms with Crippen molar-refractivity contribution in [1.29, 1.82) is 0 Å². The van der Waals surface area contributed by atoms with Crippen molar-refractivity contribution in [2.24, 2.45) is 0 Å². The maximum atomic E-state index is 9.01. The highest BCUT2D eigenvalue weighted by atomic mass is 32.1. The molecule has 1 heterocycles. The number of aliphatic hydroxyl groups is 1. The van der Waals surface area contributed by atoms with Crippen LogP contribution in [0, 0.1) is 6.92 Å². The zero-order chi connectivity index (χ0) is 10.1. The fourth-order valence-corrected chi connectivity index (χ4v) is 2.52. The second-order valence-corrected chi connectivity index (χ2v) is 4.40. The van der Waals surface area contributed by atoms with Gasteiger partial charge in [-0.15, -0.1) is 11.3 Å². The van der Waals surface area contributed by atoms with Gasteiger partial charge in [0, 0.05) is 9.58 Å². The van der Waals surface area contributed by atoms with E-state index in [4.69, 9.17) is 9.84 Å². The standard InChI is InChI=1S/C11H12O2S/c1-7-3-11-8(5-10(7)13-2)4-9(6-12)14-11/h3-5,12H,6H2,1-2H3. The lowest BCUT2D eigenvalue weighted by Gasteiger charge is -2.03. The van der Waals surface area contributed by atoms with Gasteiger partial charge in [0.1, 0.15) is 5.75 Å². The summed E-state index contributed by atoms with van der Waals surface area (Å²) in [5.74, 6) is 0.903. The number of thiophene rings is 1. The first-order valence-corrected chi connectivity index (χ1v) is 5.24. The lowest BCUT2D eigenvalue weighted by atomic mass is 10.1. The Morgan fingerprint density at radius 3 is 2.79 bits per heavy atom. The first-order chi connectivity index (χ1) is 6.74. The molecule has 0 saturated heterocycles. The molecule has 1 aromatic carbocycles. The highest BCUT2D eigenvalue weighted by Crippen LogP contribution is 2.31. The summed E-state index contributed by atoms with van der Waals surface area (Å²) in [6, 6.07) is 6.11. The summed E-state index contributed by atoms with van der Waals surface area (Å²) in [6.07, 6.45) is 0. The zero-order valence-electron chi connectivity index (χ0n) is 8.20. The largest absolute Gasteiger partial charge is 0.496 e. The van der Waals surface area contributed by atoms with Gasteiger partial charge in [-0.2, -0.15) is 0 Å². The van der Waals surface area contributed by atoms with Gasteiger partial charge in [-0.1, -0.05) is 0 Å². The zero-order valence-corrected chi connectivity index (χ0v) is 9.02. The van der Waals surface area contributed by atoms with Crippen LogP contribution in [0.5, 0.6) is 5.75 Å². The summed E-state index contributed by atoms with van der Waals surface area (Å²) in [5, 5.41) is 10.2. The minimum atomic E-state index is 0.112. The van der Waals surface area contributed by atoms with Crippen LogP contribution in [0.3, 0.4) is 0 Å². The van der Waals surface area contributed by atoms with Gasteiger partial charge in [0.25, 0.3) is 0 Å². The van der Waals surface area contributed by atoms with E-state index in [9.17, 15) is 0 Å². The molecule has 74 valence electrons. The van der Waals surface area contributed by atoms with Crippen LogP contribution in [0.2, 0.25) is 0 Å². The topological polar surface area (TPSA) is 29.5 Å². The van der Waals surface area contributed by atoms with Gasteiger partial charge in [-0.25, -0.2) is 0 Å². The normalized spacial score (nSPS) is 10.8. The van der Waals surface area contributed by atoms with Crippen molar-refractivity contribution in [3.05, 3.63) is 28.6 Å². The number of hydrogen-bond donors (Lipinski definition) is 1. The Morgan fingerprint density at radius 1 is 1.36 bits per heavy atom. The Labute approximate surface area is 86.8 Å². The SMILES string of the molecule is COc1cc2cc(CO)sc2cc1C. The Kier molecular flexibility index (Phi) is 2.44. The maximum absolute atomic E-state index is 9.01. The van der Waals surface area contributed by atoms with E-state index < -0.39 is 0 Å². The average Bonchev–Trinajstić information content (AvgIpc) is 2.58. The molecule has 0 bridgehead atoms. The van der Waals surface area contributed by atoms with Crippen LogP contribution in [-0.4, -0.2) is 12.2 Å². The van der Waals surface area contributed by atoms with Crippen LogP contribution in [0.15, 0.2) is 18.2 Å². The van der Waals surface area contributed by atoms with Crippen LogP contribution in [0.4, 0.5) is 0 Å². The van der Waals surface area contributed by atoms with Crippen LogP contribution in [-0.2, 0) is 6.61 Å². The van der Waals surface area contributed by atoms with Gasteiger partial charge in [0.2, 0.25) is 0 Å². The summed E-state index contributed by atoms with van der Waals surface area (Å²) < 4.78 is 6.44. The van der Waals surface area contributed by atoms with E-state index >= 15 is 0 Å². The number of rotatable bonds is 2. The van der Waals surface area contributed by atoms with Crippen molar-refractivity contribution in [2.75, 3.05) is 7.11 Å². The third kappa shape index (κ3) is 1.49. The molecule has 0 radical (unpaired) electrons. The molecule has 14 heavy (non-hydrogen) atoms. The van der Waals surface area contributed by atoms with Crippen LogP contribution >= 0.6 is 11.3 Å². The van der Waals surface area contributed by atoms with E-state index in [1.54, 1.807) is 18.4 Å². The smallest absolute Gasteiger partial charge is 0.122 e. The third-order valence-corrected chi connectivity index (χ3v) is 3.32. The molecule has 0 fully saturated rings. The second-order valence-electron chi connectivity index (χ2n) is 3.23. The lowest BCUT2D eigenvalue weighted by Crippen LogP contribution is -1.85. The van der Waals surface area contributed by atoms with Gasteiger partial charge < -0.3 is 9.84 Å². The molecular formula is C11H12O2S. The number of fused-ring (bicyclic) bond motifs is 1. The molecule has 0 spiro atoms. The molecule has 0 aliphatic heterocycles. The Bertz CT molecular complexity index is 460. The van der Waals surface area contributed by atoms with Crippen LogP contribution in [0.25, 0.3) is 10.1 Å². The van der Waals surface area contributed by atoms with Crippen LogP contribution < -0.4 is 4.74 Å². The molecular weight excluding hydrogens is 196 g/mol. The van der Waals surface area contributed by atoms with Crippen molar-refractivity contribution in [3.8, 4) is 5.75 Å². The summed E-state index contributed by atoms with van der Waals surface area (Å²) in [6.45, 7) is 2.14. The molecule has 1 aromatic heterocycles. The highest BCUT2D eigenvalue weighted by Gasteiger charge is 2.05. The Hall–Kier alpha value is -1.06. The molecule has 0 amide bonds. The molecule has 2 aromatic rings. The molecule has 3 heteroatoms. The van der Waals surface area contributed by atoms with Crippen molar-refractivity contribution in [1.82, 2.24) is 0 Å². The van der Waals surface area contributed by atoms with Crippen LogP contribution in [0.1, 0.15) is 10.4 Å². The summed E-state index contributed by atoms with van der Waals surface area (Å²) in [4.78, 5) is 0.993. The van der Waals surface area contributed by atoms with Gasteiger partial charge in [0.15, 0.2) is 0 Å². The van der Waals surface area contributed by atoms with Gasteiger partial charge in [-0.05, 0) is 36.1 Å². The summed E-state index contributed by atoms with van der Waals surface area (Å²) in [5.41, 5.74) is 1.13. The molecule has 1 N–H and O–H groups in total. The average molecular weight is 208 g/mol. The van der Waals surface area contributed by atoms with E-state index in [-0.39, 0.29) is 6.61 Å². The number of benzene rings is 1. The van der Waals surface area contributed by atoms with Crippen molar-refractivity contribution >= 4 is 21.4 Å². The molecule has 0 unspecified atom stereocenters. The fraction of sp³-hybridized carbons (Fsp3) is 0.273. The number of aryl methyl sites for hydroxylation is 1. The molecule has 0 atom stereocenters. The lowest BCUT2D eigenvalue weighted by molar-refractivity contribution is 0.285. The van der Waals surface area contributed by atoms with Gasteiger partial charge in [-0.3, -0.25) is 0 Å². The van der Waals surface area contributed by atoms with E-state index in [2.05, 4.69) is 6.07 Å². The van der Waals surface area contributed by atoms with E-state index in [0.717, 1.165) is 21.6 Å². The second kappa shape index (κ2) is 3.59. The summed E-state index contributed by atoms with van der Waals surface area (Å²) >= 11 is 1.63.